The van der Waals surface area contributed by atoms with Crippen molar-refractivity contribution in [3.8, 4) is 5.88 Å². The van der Waals surface area contributed by atoms with Crippen LogP contribution in [-0.4, -0.2) is 73.2 Å². The molecule has 22 heavy (non-hydrogen) atoms. The molecule has 0 bridgehead atoms. The molecule has 1 saturated heterocycles. The van der Waals surface area contributed by atoms with Gasteiger partial charge in [-0.3, -0.25) is 0 Å². The van der Waals surface area contributed by atoms with Crippen molar-refractivity contribution >= 4 is 27.9 Å². The maximum absolute atomic E-state index is 12.0. The number of methoxy groups -OCH3 is 1. The van der Waals surface area contributed by atoms with Gasteiger partial charge in [0.05, 0.1) is 17.8 Å². The first-order valence-electron chi connectivity index (χ1n) is 7.19. The van der Waals surface area contributed by atoms with Gasteiger partial charge in [0.1, 0.15) is 0 Å². The number of anilines is 1. The summed E-state index contributed by atoms with van der Waals surface area (Å²) in [5, 5.41) is 0. The Morgan fingerprint density at radius 2 is 2.00 bits per heavy atom. The lowest BCUT2D eigenvalue weighted by atomic mass is 10.0. The Morgan fingerprint density at radius 3 is 2.55 bits per heavy atom. The summed E-state index contributed by atoms with van der Waals surface area (Å²) in [6.07, 6.45) is 3.50. The molecule has 0 aromatic carbocycles. The maximum atomic E-state index is 12.0. The summed E-state index contributed by atoms with van der Waals surface area (Å²) in [5.74, 6) is 1.20. The molecule has 122 valence electrons. The first-order valence-corrected chi connectivity index (χ1v) is 7.99. The van der Waals surface area contributed by atoms with Crippen LogP contribution < -0.4 is 9.64 Å². The molecule has 0 N–H and O–H groups in total. The predicted molar refractivity (Wildman–Crippen MR) is 88.4 cm³/mol. The number of carbonyl (C=O) groups is 1. The average molecular weight is 372 g/mol. The van der Waals surface area contributed by atoms with Crippen LogP contribution in [0.1, 0.15) is 12.8 Å². The number of piperidine rings is 1. The van der Waals surface area contributed by atoms with Gasteiger partial charge in [0.15, 0.2) is 0 Å². The number of nitrogens with zero attached hydrogens (tertiary/aromatic N) is 5. The molecule has 1 aromatic rings. The second-order valence-electron chi connectivity index (χ2n) is 5.53. The molecule has 7 nitrogen and oxygen atoms in total. The van der Waals surface area contributed by atoms with E-state index in [-0.39, 0.29) is 12.1 Å². The van der Waals surface area contributed by atoms with Crippen LogP contribution in [0.25, 0.3) is 0 Å². The van der Waals surface area contributed by atoms with Gasteiger partial charge in [0.25, 0.3) is 0 Å². The van der Waals surface area contributed by atoms with E-state index in [2.05, 4.69) is 30.8 Å². The van der Waals surface area contributed by atoms with Crippen molar-refractivity contribution in [3.05, 3.63) is 10.7 Å². The number of urea groups is 1. The third kappa shape index (κ3) is 3.60. The van der Waals surface area contributed by atoms with E-state index < -0.39 is 0 Å². The normalized spacial score (nSPS) is 15.6. The van der Waals surface area contributed by atoms with E-state index in [9.17, 15) is 4.79 Å². The molecule has 0 saturated carbocycles. The number of rotatable bonds is 3. The molecular formula is C14H22BrN5O2. The predicted octanol–water partition coefficient (Wildman–Crippen LogP) is 1.83. The van der Waals surface area contributed by atoms with E-state index in [0.29, 0.717) is 11.8 Å². The molecule has 0 atom stereocenters. The number of carbonyl (C=O) groups excluding carboxylic acids is 1. The van der Waals surface area contributed by atoms with Crippen molar-refractivity contribution in [2.45, 2.75) is 18.9 Å². The highest BCUT2D eigenvalue weighted by atomic mass is 79.9. The smallest absolute Gasteiger partial charge is 0.319 e. The number of hydrogen-bond acceptors (Lipinski definition) is 5. The second-order valence-corrected chi connectivity index (χ2v) is 6.39. The van der Waals surface area contributed by atoms with Crippen molar-refractivity contribution in [1.82, 2.24) is 19.8 Å². The van der Waals surface area contributed by atoms with E-state index in [0.717, 1.165) is 30.4 Å². The van der Waals surface area contributed by atoms with Crippen LogP contribution in [0.15, 0.2) is 10.7 Å². The van der Waals surface area contributed by atoms with Gasteiger partial charge in [-0.1, -0.05) is 0 Å². The largest absolute Gasteiger partial charge is 0.480 e. The topological polar surface area (TPSA) is 61.8 Å². The SMILES string of the molecule is COc1nc(N2CCC(N(C)C(=O)N(C)C)CC2)ncc1Br. The van der Waals surface area contributed by atoms with Crippen LogP contribution in [0.5, 0.6) is 5.88 Å². The summed E-state index contributed by atoms with van der Waals surface area (Å²) in [6.45, 7) is 1.64. The van der Waals surface area contributed by atoms with Crippen molar-refractivity contribution in [2.24, 2.45) is 0 Å². The molecule has 1 aliphatic heterocycles. The van der Waals surface area contributed by atoms with Gasteiger partial charge in [0.2, 0.25) is 11.8 Å². The van der Waals surface area contributed by atoms with E-state index >= 15 is 0 Å². The summed E-state index contributed by atoms with van der Waals surface area (Å²) >= 11 is 3.36. The van der Waals surface area contributed by atoms with Gasteiger partial charge < -0.3 is 19.4 Å². The van der Waals surface area contributed by atoms with Gasteiger partial charge >= 0.3 is 6.03 Å². The van der Waals surface area contributed by atoms with E-state index in [1.54, 1.807) is 32.3 Å². The summed E-state index contributed by atoms with van der Waals surface area (Å²) in [6, 6.07) is 0.295. The number of ether oxygens (including phenoxy) is 1. The van der Waals surface area contributed by atoms with Crippen LogP contribution >= 0.6 is 15.9 Å². The average Bonchev–Trinajstić information content (AvgIpc) is 2.54. The lowest BCUT2D eigenvalue weighted by Crippen LogP contribution is -2.48. The van der Waals surface area contributed by atoms with E-state index in [4.69, 9.17) is 4.74 Å². The molecule has 1 fully saturated rings. The first kappa shape index (κ1) is 16.8. The Bertz CT molecular complexity index is 532. The number of amides is 2. The third-order valence-corrected chi connectivity index (χ3v) is 4.42. The lowest BCUT2D eigenvalue weighted by Gasteiger charge is -2.37. The zero-order chi connectivity index (χ0) is 16.3. The number of halogens is 1. The molecule has 0 radical (unpaired) electrons. The quantitative estimate of drug-likeness (QED) is 0.810. The van der Waals surface area contributed by atoms with Crippen molar-refractivity contribution in [3.63, 3.8) is 0 Å². The van der Waals surface area contributed by atoms with Gasteiger partial charge in [-0.2, -0.15) is 4.98 Å². The standard InChI is InChI=1S/C14H22BrN5O2/c1-18(2)14(21)19(3)10-5-7-20(8-6-10)13-16-9-11(15)12(17-13)22-4/h9-10H,5-8H2,1-4H3. The van der Waals surface area contributed by atoms with Crippen molar-refractivity contribution in [2.75, 3.05) is 46.2 Å². The Kier molecular flexibility index (Phi) is 5.44. The van der Waals surface area contributed by atoms with Gasteiger partial charge in [-0.15, -0.1) is 0 Å². The summed E-state index contributed by atoms with van der Waals surface area (Å²) in [5.41, 5.74) is 0. The van der Waals surface area contributed by atoms with Crippen molar-refractivity contribution < 1.29 is 9.53 Å². The molecular weight excluding hydrogens is 350 g/mol. The molecule has 0 unspecified atom stereocenters. The molecule has 0 aliphatic carbocycles. The highest BCUT2D eigenvalue weighted by molar-refractivity contribution is 9.10. The van der Waals surface area contributed by atoms with Crippen LogP contribution in [0.4, 0.5) is 10.7 Å². The van der Waals surface area contributed by atoms with Gasteiger partial charge in [-0.05, 0) is 28.8 Å². The molecule has 0 spiro atoms. The monoisotopic (exact) mass is 371 g/mol. The fourth-order valence-corrected chi connectivity index (χ4v) is 2.92. The molecule has 8 heteroatoms. The van der Waals surface area contributed by atoms with Crippen LogP contribution in [0, 0.1) is 0 Å². The molecule has 1 aliphatic rings. The van der Waals surface area contributed by atoms with E-state index in [1.165, 1.54) is 0 Å². The Balaban J connectivity index is 1.99. The Labute approximate surface area is 139 Å². The highest BCUT2D eigenvalue weighted by Crippen LogP contribution is 2.25. The Hall–Kier alpha value is -1.57. The summed E-state index contributed by atoms with van der Waals surface area (Å²) < 4.78 is 5.95. The second kappa shape index (κ2) is 7.13. The van der Waals surface area contributed by atoms with Crippen LogP contribution in [-0.2, 0) is 0 Å². The zero-order valence-corrected chi connectivity index (χ0v) is 15.0. The van der Waals surface area contributed by atoms with Crippen molar-refractivity contribution in [1.29, 1.82) is 0 Å². The number of hydrogen-bond donors (Lipinski definition) is 0. The molecule has 2 heterocycles. The van der Waals surface area contributed by atoms with Gasteiger partial charge in [-0.25, -0.2) is 9.78 Å². The molecule has 2 amide bonds. The third-order valence-electron chi connectivity index (χ3n) is 3.87. The Morgan fingerprint density at radius 1 is 1.36 bits per heavy atom. The van der Waals surface area contributed by atoms with Gasteiger partial charge in [0, 0.05) is 40.3 Å². The number of aromatic nitrogens is 2. The highest BCUT2D eigenvalue weighted by Gasteiger charge is 2.27. The molecule has 2 rings (SSSR count). The fourth-order valence-electron chi connectivity index (χ4n) is 2.56. The first-order chi connectivity index (χ1) is 10.4. The molecule has 1 aromatic heterocycles. The summed E-state index contributed by atoms with van der Waals surface area (Å²) in [7, 11) is 7.00. The maximum Gasteiger partial charge on any atom is 0.319 e. The van der Waals surface area contributed by atoms with E-state index in [1.807, 2.05) is 11.9 Å². The summed E-state index contributed by atoms with van der Waals surface area (Å²) in [4.78, 5) is 26.3. The zero-order valence-electron chi connectivity index (χ0n) is 13.4. The lowest BCUT2D eigenvalue weighted by molar-refractivity contribution is 0.155. The fraction of sp³-hybridized carbons (Fsp3) is 0.643. The van der Waals surface area contributed by atoms with Crippen LogP contribution in [0.3, 0.4) is 0 Å². The minimum Gasteiger partial charge on any atom is -0.480 e. The minimum atomic E-state index is 0.0417. The minimum absolute atomic E-state index is 0.0417. The van der Waals surface area contributed by atoms with Crippen LogP contribution in [0.2, 0.25) is 0 Å².